The fourth-order valence-corrected chi connectivity index (χ4v) is 1.97. The Morgan fingerprint density at radius 1 is 1.53 bits per heavy atom. The van der Waals surface area contributed by atoms with E-state index in [1.807, 2.05) is 4.98 Å². The maximum atomic E-state index is 11.7. The first kappa shape index (κ1) is 13.4. The Hall–Kier alpha value is -1.99. The van der Waals surface area contributed by atoms with Gasteiger partial charge in [-0.1, -0.05) is 0 Å². The van der Waals surface area contributed by atoms with Gasteiger partial charge in [-0.3, -0.25) is 14.3 Å². The second kappa shape index (κ2) is 4.60. The molecule has 2 heterocycles. The summed E-state index contributed by atoms with van der Waals surface area (Å²) in [5.41, 5.74) is -3.85. The number of aliphatic hydroxyl groups is 3. The molecule has 1 unspecified atom stereocenters. The van der Waals surface area contributed by atoms with Gasteiger partial charge in [0.15, 0.2) is 0 Å². The zero-order valence-electron chi connectivity index (χ0n) is 9.55. The number of hydrogen-bond donors (Lipinski definition) is 4. The lowest BCUT2D eigenvalue weighted by molar-refractivity contribution is -0.109. The molecule has 0 radical (unpaired) electrons. The normalized spacial score (nSPS) is 34.1. The second-order valence-electron chi connectivity index (χ2n) is 4.06. The van der Waals surface area contributed by atoms with Crippen LogP contribution in [0.2, 0.25) is 0 Å². The van der Waals surface area contributed by atoms with Crippen molar-refractivity contribution in [2.45, 2.75) is 24.0 Å². The molecule has 19 heavy (non-hydrogen) atoms. The molecule has 1 fully saturated rings. The van der Waals surface area contributed by atoms with Gasteiger partial charge >= 0.3 is 5.69 Å². The minimum absolute atomic E-state index is 0.639. The minimum atomic E-state index is -2.20. The number of nitriles is 1. The van der Waals surface area contributed by atoms with E-state index in [1.165, 1.54) is 0 Å². The van der Waals surface area contributed by atoms with Crippen LogP contribution in [0.1, 0.15) is 0 Å². The smallest absolute Gasteiger partial charge is 0.331 e. The number of aliphatic hydroxyl groups excluding tert-OH is 3. The summed E-state index contributed by atoms with van der Waals surface area (Å²) in [7, 11) is 0. The Bertz CT molecular complexity index is 631. The van der Waals surface area contributed by atoms with E-state index in [9.17, 15) is 25.1 Å². The Morgan fingerprint density at radius 2 is 2.21 bits per heavy atom. The van der Waals surface area contributed by atoms with E-state index in [1.54, 1.807) is 6.07 Å². The average molecular weight is 269 g/mol. The predicted octanol–water partition coefficient (Wildman–Crippen LogP) is -3.17. The Morgan fingerprint density at radius 3 is 2.68 bits per heavy atom. The standard InChI is InChI=1S/C10H11N3O6/c11-4-10(8(17)7(16)5(3-14)19-10)13-2-1-6(15)12-9(13)18/h1-2,5,7-8,14,16-17H,3H2,(H,12,15,18)/t5-,7?,8+,10-/m1/s1. The van der Waals surface area contributed by atoms with Crippen LogP contribution in [0.3, 0.4) is 0 Å². The second-order valence-corrected chi connectivity index (χ2v) is 4.06. The fourth-order valence-electron chi connectivity index (χ4n) is 1.97. The summed E-state index contributed by atoms with van der Waals surface area (Å²) in [5, 5.41) is 37.7. The molecule has 0 saturated carbocycles. The van der Waals surface area contributed by atoms with Crippen molar-refractivity contribution >= 4 is 0 Å². The van der Waals surface area contributed by atoms with Crippen molar-refractivity contribution < 1.29 is 20.1 Å². The van der Waals surface area contributed by atoms with Crippen molar-refractivity contribution in [1.82, 2.24) is 9.55 Å². The van der Waals surface area contributed by atoms with Gasteiger partial charge in [0.25, 0.3) is 11.3 Å². The molecule has 0 spiro atoms. The van der Waals surface area contributed by atoms with E-state index in [0.717, 1.165) is 12.3 Å². The maximum absolute atomic E-state index is 11.7. The first-order chi connectivity index (χ1) is 8.96. The highest BCUT2D eigenvalue weighted by Gasteiger charge is 2.56. The molecule has 9 heteroatoms. The number of aromatic nitrogens is 2. The molecule has 1 aliphatic rings. The van der Waals surface area contributed by atoms with Crippen LogP contribution in [0.4, 0.5) is 0 Å². The van der Waals surface area contributed by atoms with Crippen LogP contribution in [0, 0.1) is 11.3 Å². The largest absolute Gasteiger partial charge is 0.394 e. The van der Waals surface area contributed by atoms with Crippen LogP contribution >= 0.6 is 0 Å². The summed E-state index contributed by atoms with van der Waals surface area (Å²) in [4.78, 5) is 24.5. The van der Waals surface area contributed by atoms with Crippen LogP contribution < -0.4 is 11.2 Å². The van der Waals surface area contributed by atoms with Crippen molar-refractivity contribution in [1.29, 1.82) is 5.26 Å². The third kappa shape index (κ3) is 1.87. The Kier molecular flexibility index (Phi) is 3.25. The van der Waals surface area contributed by atoms with Gasteiger partial charge < -0.3 is 20.1 Å². The summed E-state index contributed by atoms with van der Waals surface area (Å²) in [6.07, 6.45) is -3.53. The van der Waals surface area contributed by atoms with Crippen molar-refractivity contribution in [3.63, 3.8) is 0 Å². The molecular weight excluding hydrogens is 258 g/mol. The van der Waals surface area contributed by atoms with Crippen LogP contribution in [0.15, 0.2) is 21.9 Å². The van der Waals surface area contributed by atoms with E-state index in [-0.39, 0.29) is 0 Å². The van der Waals surface area contributed by atoms with Crippen molar-refractivity contribution in [2.75, 3.05) is 6.61 Å². The van der Waals surface area contributed by atoms with E-state index in [2.05, 4.69) is 0 Å². The molecular formula is C10H11N3O6. The zero-order valence-corrected chi connectivity index (χ0v) is 9.55. The lowest BCUT2D eigenvalue weighted by atomic mass is 10.0. The minimum Gasteiger partial charge on any atom is -0.394 e. The van der Waals surface area contributed by atoms with E-state index in [4.69, 9.17) is 9.84 Å². The summed E-state index contributed by atoms with van der Waals surface area (Å²) in [6, 6.07) is 2.56. The first-order valence-electron chi connectivity index (χ1n) is 5.35. The van der Waals surface area contributed by atoms with Crippen LogP contribution in [0.5, 0.6) is 0 Å². The number of aromatic amines is 1. The highest BCUT2D eigenvalue weighted by Crippen LogP contribution is 2.33. The van der Waals surface area contributed by atoms with E-state index in [0.29, 0.717) is 4.57 Å². The molecule has 0 aromatic carbocycles. The third-order valence-corrected chi connectivity index (χ3v) is 2.96. The first-order valence-corrected chi connectivity index (χ1v) is 5.35. The van der Waals surface area contributed by atoms with Crippen LogP contribution in [-0.4, -0.2) is 49.8 Å². The van der Waals surface area contributed by atoms with Gasteiger partial charge in [-0.05, 0) is 0 Å². The maximum Gasteiger partial charge on any atom is 0.331 e. The zero-order chi connectivity index (χ0) is 14.2. The Labute approximate surface area is 105 Å². The molecule has 1 aliphatic heterocycles. The average Bonchev–Trinajstić information content (AvgIpc) is 2.64. The summed E-state index contributed by atoms with van der Waals surface area (Å²) < 4.78 is 5.77. The van der Waals surface area contributed by atoms with Gasteiger partial charge in [0.1, 0.15) is 24.4 Å². The summed E-state index contributed by atoms with van der Waals surface area (Å²) in [5.74, 6) is 0. The molecule has 9 nitrogen and oxygen atoms in total. The van der Waals surface area contributed by atoms with Gasteiger partial charge in [0, 0.05) is 12.3 Å². The molecule has 4 N–H and O–H groups in total. The van der Waals surface area contributed by atoms with Gasteiger partial charge in [0.05, 0.1) is 6.61 Å². The van der Waals surface area contributed by atoms with Gasteiger partial charge in [-0.25, -0.2) is 4.79 Å². The number of nitrogens with one attached hydrogen (secondary N) is 1. The van der Waals surface area contributed by atoms with Crippen molar-refractivity contribution in [3.05, 3.63) is 33.1 Å². The molecule has 0 aliphatic carbocycles. The molecule has 1 aromatic heterocycles. The lowest BCUT2D eigenvalue weighted by Crippen LogP contribution is -2.50. The summed E-state index contributed by atoms with van der Waals surface area (Å²) in [6.45, 7) is -0.639. The SMILES string of the molecule is N#C[C@@]1(n2ccc(=O)[nH]c2=O)O[C@H](CO)C(O)[C@@H]1O. The summed E-state index contributed by atoms with van der Waals surface area (Å²) >= 11 is 0. The molecule has 4 atom stereocenters. The van der Waals surface area contributed by atoms with Crippen LogP contribution in [0.25, 0.3) is 0 Å². The number of hydrogen-bond acceptors (Lipinski definition) is 7. The van der Waals surface area contributed by atoms with Gasteiger partial charge in [-0.2, -0.15) is 5.26 Å². The fraction of sp³-hybridized carbons (Fsp3) is 0.500. The number of nitrogens with zero attached hydrogens (tertiary/aromatic N) is 2. The molecule has 0 amide bonds. The third-order valence-electron chi connectivity index (χ3n) is 2.96. The quantitative estimate of drug-likeness (QED) is 0.442. The monoisotopic (exact) mass is 269 g/mol. The topological polar surface area (TPSA) is 149 Å². The van der Waals surface area contributed by atoms with Gasteiger partial charge in [0.2, 0.25) is 0 Å². The number of rotatable bonds is 2. The molecule has 1 saturated heterocycles. The van der Waals surface area contributed by atoms with E-state index < -0.39 is 41.9 Å². The highest BCUT2D eigenvalue weighted by molar-refractivity contribution is 5.12. The van der Waals surface area contributed by atoms with Crippen LogP contribution in [-0.2, 0) is 10.5 Å². The van der Waals surface area contributed by atoms with Crippen molar-refractivity contribution in [3.8, 4) is 6.07 Å². The Balaban J connectivity index is 2.59. The molecule has 0 bridgehead atoms. The van der Waals surface area contributed by atoms with Crippen molar-refractivity contribution in [2.24, 2.45) is 0 Å². The predicted molar refractivity (Wildman–Crippen MR) is 58.9 cm³/mol. The number of ether oxygens (including phenoxy) is 1. The lowest BCUT2D eigenvalue weighted by Gasteiger charge is -2.26. The molecule has 2 rings (SSSR count). The molecule has 1 aromatic rings. The highest BCUT2D eigenvalue weighted by atomic mass is 16.6. The number of H-pyrrole nitrogens is 1. The van der Waals surface area contributed by atoms with E-state index >= 15 is 0 Å². The molecule has 102 valence electrons. The van der Waals surface area contributed by atoms with Gasteiger partial charge in [-0.15, -0.1) is 0 Å².